The molecule has 2 rings (SSSR count). The molecule has 1 unspecified atom stereocenters. The minimum atomic E-state index is -0.203. The van der Waals surface area contributed by atoms with Crippen LogP contribution in [-0.2, 0) is 0 Å². The van der Waals surface area contributed by atoms with E-state index < -0.39 is 0 Å². The molecule has 2 N–H and O–H groups in total. The molecule has 2 saturated heterocycles. The monoisotopic (exact) mass is 241 g/mol. The molecule has 4 nitrogen and oxygen atoms in total. The van der Waals surface area contributed by atoms with E-state index in [0.717, 1.165) is 45.8 Å². The minimum Gasteiger partial charge on any atom is -0.390 e. The van der Waals surface area contributed by atoms with E-state index in [4.69, 9.17) is 0 Å². The molecule has 4 heteroatoms. The van der Waals surface area contributed by atoms with Crippen molar-refractivity contribution in [2.24, 2.45) is 0 Å². The average molecular weight is 241 g/mol. The van der Waals surface area contributed by atoms with E-state index in [0.29, 0.717) is 0 Å². The molecular weight excluding hydrogens is 214 g/mol. The van der Waals surface area contributed by atoms with E-state index in [2.05, 4.69) is 29.0 Å². The number of aliphatic hydroxyl groups excluding tert-OH is 1. The second kappa shape index (κ2) is 5.65. The van der Waals surface area contributed by atoms with Crippen LogP contribution in [0.3, 0.4) is 0 Å². The summed E-state index contributed by atoms with van der Waals surface area (Å²) in [6, 6.07) is 0. The number of likely N-dealkylation sites (tertiary alicyclic amines) is 1. The molecule has 100 valence electrons. The van der Waals surface area contributed by atoms with Crippen molar-refractivity contribution in [2.45, 2.75) is 38.3 Å². The zero-order valence-electron chi connectivity index (χ0n) is 11.3. The Hall–Kier alpha value is -0.160. The van der Waals surface area contributed by atoms with Gasteiger partial charge >= 0.3 is 0 Å². The van der Waals surface area contributed by atoms with Crippen LogP contribution in [0.5, 0.6) is 0 Å². The van der Waals surface area contributed by atoms with Crippen LogP contribution in [0, 0.1) is 0 Å². The predicted molar refractivity (Wildman–Crippen MR) is 70.2 cm³/mol. The Balaban J connectivity index is 1.74. The first-order valence-corrected chi connectivity index (χ1v) is 6.94. The van der Waals surface area contributed by atoms with Gasteiger partial charge in [-0.1, -0.05) is 0 Å². The summed E-state index contributed by atoms with van der Waals surface area (Å²) in [6.07, 6.45) is 2.33. The topological polar surface area (TPSA) is 38.7 Å². The van der Waals surface area contributed by atoms with Gasteiger partial charge in [-0.05, 0) is 33.2 Å². The molecule has 1 atom stereocenters. The van der Waals surface area contributed by atoms with Crippen molar-refractivity contribution >= 4 is 0 Å². The fourth-order valence-electron chi connectivity index (χ4n) is 3.01. The lowest BCUT2D eigenvalue weighted by atomic mass is 10.0. The van der Waals surface area contributed by atoms with Gasteiger partial charge in [-0.2, -0.15) is 0 Å². The van der Waals surface area contributed by atoms with Gasteiger partial charge in [0, 0.05) is 44.8 Å². The number of piperazine rings is 1. The highest BCUT2D eigenvalue weighted by atomic mass is 16.3. The van der Waals surface area contributed by atoms with Gasteiger partial charge in [-0.15, -0.1) is 0 Å². The molecule has 17 heavy (non-hydrogen) atoms. The summed E-state index contributed by atoms with van der Waals surface area (Å²) in [6.45, 7) is 11.6. The van der Waals surface area contributed by atoms with Crippen LogP contribution in [0.2, 0.25) is 0 Å². The SMILES string of the molecule is CC1(C)CCCN1CC(O)CN1CCNCC1. The van der Waals surface area contributed by atoms with Crippen LogP contribution in [0.15, 0.2) is 0 Å². The Labute approximate surface area is 105 Å². The van der Waals surface area contributed by atoms with E-state index in [9.17, 15) is 5.11 Å². The van der Waals surface area contributed by atoms with Gasteiger partial charge in [0.25, 0.3) is 0 Å². The molecule has 0 aromatic heterocycles. The van der Waals surface area contributed by atoms with Crippen LogP contribution >= 0.6 is 0 Å². The van der Waals surface area contributed by atoms with Crippen molar-refractivity contribution < 1.29 is 5.11 Å². The van der Waals surface area contributed by atoms with Crippen molar-refractivity contribution in [1.82, 2.24) is 15.1 Å². The summed E-state index contributed by atoms with van der Waals surface area (Å²) in [7, 11) is 0. The number of nitrogens with one attached hydrogen (secondary N) is 1. The molecule has 2 aliphatic rings. The van der Waals surface area contributed by atoms with Gasteiger partial charge in [0.05, 0.1) is 6.10 Å². The number of nitrogens with zero attached hydrogens (tertiary/aromatic N) is 2. The first-order chi connectivity index (χ1) is 8.08. The highest BCUT2D eigenvalue weighted by Crippen LogP contribution is 2.27. The number of hydrogen-bond acceptors (Lipinski definition) is 4. The minimum absolute atomic E-state index is 0.203. The Morgan fingerprint density at radius 2 is 1.88 bits per heavy atom. The van der Waals surface area contributed by atoms with E-state index in [1.165, 1.54) is 12.8 Å². The first-order valence-electron chi connectivity index (χ1n) is 6.94. The highest BCUT2D eigenvalue weighted by molar-refractivity contribution is 4.89. The molecule has 0 saturated carbocycles. The fourth-order valence-corrected chi connectivity index (χ4v) is 3.01. The molecule has 0 spiro atoms. The van der Waals surface area contributed by atoms with Crippen LogP contribution in [0.1, 0.15) is 26.7 Å². The van der Waals surface area contributed by atoms with Crippen LogP contribution < -0.4 is 5.32 Å². The third kappa shape index (κ3) is 3.65. The molecule has 2 aliphatic heterocycles. The number of rotatable bonds is 4. The standard InChI is InChI=1S/C13H27N3O/c1-13(2)4-3-7-16(13)11-12(17)10-15-8-5-14-6-9-15/h12,14,17H,3-11H2,1-2H3. The molecule has 2 fully saturated rings. The number of hydrogen-bond donors (Lipinski definition) is 2. The normalized spacial score (nSPS) is 28.4. The summed E-state index contributed by atoms with van der Waals surface area (Å²) in [5.41, 5.74) is 0.282. The van der Waals surface area contributed by atoms with Crippen molar-refractivity contribution in [2.75, 3.05) is 45.8 Å². The second-order valence-electron chi connectivity index (χ2n) is 6.07. The zero-order chi connectivity index (χ0) is 12.3. The van der Waals surface area contributed by atoms with E-state index in [1.807, 2.05) is 0 Å². The van der Waals surface area contributed by atoms with Crippen molar-refractivity contribution in [3.63, 3.8) is 0 Å². The quantitative estimate of drug-likeness (QED) is 0.734. The number of β-amino-alcohol motifs (C(OH)–C–C–N with tert-alkyl or cyclic N) is 1. The Kier molecular flexibility index (Phi) is 4.42. The Morgan fingerprint density at radius 3 is 2.47 bits per heavy atom. The molecule has 0 aromatic rings. The van der Waals surface area contributed by atoms with Gasteiger partial charge < -0.3 is 10.4 Å². The molecule has 0 aromatic carbocycles. The summed E-state index contributed by atoms with van der Waals surface area (Å²) in [5, 5.41) is 13.5. The highest BCUT2D eigenvalue weighted by Gasteiger charge is 2.33. The van der Waals surface area contributed by atoms with E-state index in [-0.39, 0.29) is 11.6 Å². The van der Waals surface area contributed by atoms with Gasteiger partial charge in [0.1, 0.15) is 0 Å². The lowest BCUT2D eigenvalue weighted by Crippen LogP contribution is -2.50. The maximum Gasteiger partial charge on any atom is 0.0794 e. The smallest absolute Gasteiger partial charge is 0.0794 e. The zero-order valence-corrected chi connectivity index (χ0v) is 11.3. The van der Waals surface area contributed by atoms with Crippen LogP contribution in [0.4, 0.5) is 0 Å². The van der Waals surface area contributed by atoms with Crippen molar-refractivity contribution in [3.05, 3.63) is 0 Å². The lowest BCUT2D eigenvalue weighted by molar-refractivity contribution is 0.0484. The molecule has 0 bridgehead atoms. The third-order valence-electron chi connectivity index (χ3n) is 4.18. The summed E-state index contributed by atoms with van der Waals surface area (Å²) >= 11 is 0. The largest absolute Gasteiger partial charge is 0.390 e. The van der Waals surface area contributed by atoms with Gasteiger partial charge in [-0.25, -0.2) is 0 Å². The molecule has 0 amide bonds. The van der Waals surface area contributed by atoms with Gasteiger partial charge in [-0.3, -0.25) is 9.80 Å². The average Bonchev–Trinajstić information content (AvgIpc) is 2.59. The summed E-state index contributed by atoms with van der Waals surface area (Å²) in [5.74, 6) is 0. The van der Waals surface area contributed by atoms with Crippen molar-refractivity contribution in [1.29, 1.82) is 0 Å². The summed E-state index contributed by atoms with van der Waals surface area (Å²) < 4.78 is 0. The van der Waals surface area contributed by atoms with Crippen molar-refractivity contribution in [3.8, 4) is 0 Å². The maximum absolute atomic E-state index is 10.2. The maximum atomic E-state index is 10.2. The van der Waals surface area contributed by atoms with E-state index >= 15 is 0 Å². The summed E-state index contributed by atoms with van der Waals surface area (Å²) in [4.78, 5) is 4.81. The first kappa shape index (κ1) is 13.3. The van der Waals surface area contributed by atoms with E-state index in [1.54, 1.807) is 0 Å². The predicted octanol–water partition coefficient (Wildman–Crippen LogP) is 0.127. The molecular formula is C13H27N3O. The lowest BCUT2D eigenvalue weighted by Gasteiger charge is -2.35. The third-order valence-corrected chi connectivity index (χ3v) is 4.18. The van der Waals surface area contributed by atoms with Crippen LogP contribution in [0.25, 0.3) is 0 Å². The molecule has 0 aliphatic carbocycles. The number of aliphatic hydroxyl groups is 1. The van der Waals surface area contributed by atoms with Crippen LogP contribution in [-0.4, -0.2) is 72.4 Å². The Bertz CT molecular complexity index is 239. The Morgan fingerprint density at radius 1 is 1.18 bits per heavy atom. The second-order valence-corrected chi connectivity index (χ2v) is 6.07. The molecule has 2 heterocycles. The van der Waals surface area contributed by atoms with Gasteiger partial charge in [0.15, 0.2) is 0 Å². The van der Waals surface area contributed by atoms with Gasteiger partial charge in [0.2, 0.25) is 0 Å². The fraction of sp³-hybridized carbons (Fsp3) is 1.00. The molecule has 0 radical (unpaired) electrons.